The average Bonchev–Trinajstić information content (AvgIpc) is 2.57. The lowest BCUT2D eigenvalue weighted by Gasteiger charge is -2.31. The number of halogens is 1. The Hall–Kier alpha value is -2.26. The van der Waals surface area contributed by atoms with Gasteiger partial charge < -0.3 is 9.47 Å². The number of rotatable bonds is 2. The molecule has 0 aliphatic carbocycles. The lowest BCUT2D eigenvalue weighted by Crippen LogP contribution is -2.29. The van der Waals surface area contributed by atoms with E-state index in [1.54, 1.807) is 0 Å². The highest BCUT2D eigenvalue weighted by molar-refractivity contribution is 9.10. The average molecular weight is 395 g/mol. The third-order valence-electron chi connectivity index (χ3n) is 4.30. The predicted octanol–water partition coefficient (Wildman–Crippen LogP) is 6.50. The van der Waals surface area contributed by atoms with E-state index >= 15 is 0 Å². The number of fused-ring (bicyclic) bond motifs is 2. The number of aryl methyl sites for hydroxylation is 1. The molecule has 0 fully saturated rings. The Labute approximate surface area is 156 Å². The van der Waals surface area contributed by atoms with Gasteiger partial charge in [-0.1, -0.05) is 42.0 Å². The van der Waals surface area contributed by atoms with Crippen LogP contribution < -0.4 is 9.47 Å². The first-order valence-electron chi connectivity index (χ1n) is 8.31. The maximum atomic E-state index is 6.35. The van der Waals surface area contributed by atoms with E-state index in [1.165, 1.54) is 10.9 Å². The highest BCUT2D eigenvalue weighted by Gasteiger charge is 2.28. The topological polar surface area (TPSA) is 18.5 Å². The summed E-state index contributed by atoms with van der Waals surface area (Å²) < 4.78 is 13.4. The van der Waals surface area contributed by atoms with Crippen LogP contribution >= 0.6 is 15.9 Å². The summed E-state index contributed by atoms with van der Waals surface area (Å²) in [5, 5.41) is 2.32. The molecule has 4 rings (SSSR count). The Morgan fingerprint density at radius 1 is 1.00 bits per heavy atom. The molecule has 2 nitrogen and oxygen atoms in total. The van der Waals surface area contributed by atoms with E-state index in [1.807, 2.05) is 44.2 Å². The third kappa shape index (κ3) is 3.05. The molecule has 3 heteroatoms. The van der Waals surface area contributed by atoms with Gasteiger partial charge in [-0.05, 0) is 65.7 Å². The Kier molecular flexibility index (Phi) is 3.84. The van der Waals surface area contributed by atoms with Gasteiger partial charge in [-0.3, -0.25) is 0 Å². The molecule has 1 aliphatic heterocycles. The third-order valence-corrected chi connectivity index (χ3v) is 5.12. The van der Waals surface area contributed by atoms with E-state index in [4.69, 9.17) is 9.47 Å². The monoisotopic (exact) mass is 394 g/mol. The summed E-state index contributed by atoms with van der Waals surface area (Å²) in [4.78, 5) is 0. The maximum absolute atomic E-state index is 6.35. The molecule has 0 saturated heterocycles. The van der Waals surface area contributed by atoms with E-state index < -0.39 is 5.60 Å². The fourth-order valence-corrected chi connectivity index (χ4v) is 3.70. The van der Waals surface area contributed by atoms with Gasteiger partial charge in [0, 0.05) is 6.08 Å². The van der Waals surface area contributed by atoms with E-state index in [-0.39, 0.29) is 0 Å². The van der Waals surface area contributed by atoms with Gasteiger partial charge in [0.1, 0.15) is 22.9 Å². The summed E-state index contributed by atoms with van der Waals surface area (Å²) in [6, 6.07) is 18.5. The number of hydrogen-bond donors (Lipinski definition) is 0. The molecule has 0 spiro atoms. The van der Waals surface area contributed by atoms with Crippen molar-refractivity contribution < 1.29 is 9.47 Å². The van der Waals surface area contributed by atoms with Crippen molar-refractivity contribution in [2.75, 3.05) is 0 Å². The molecule has 0 saturated carbocycles. The first kappa shape index (κ1) is 16.2. The summed E-state index contributed by atoms with van der Waals surface area (Å²) >= 11 is 3.71. The van der Waals surface area contributed by atoms with Crippen LogP contribution in [0.3, 0.4) is 0 Å². The largest absolute Gasteiger partial charge is 0.483 e. The minimum Gasteiger partial charge on any atom is -0.483 e. The van der Waals surface area contributed by atoms with Crippen LogP contribution in [0.5, 0.6) is 11.5 Å². The van der Waals surface area contributed by atoms with Gasteiger partial charge in [-0.2, -0.15) is 0 Å². The molecule has 0 N–H and O–H groups in total. The summed E-state index contributed by atoms with van der Waals surface area (Å²) in [6.45, 7) is 6.15. The summed E-state index contributed by atoms with van der Waals surface area (Å²) in [7, 11) is 0. The summed E-state index contributed by atoms with van der Waals surface area (Å²) in [5.41, 5.74) is 1.74. The molecule has 3 aromatic carbocycles. The van der Waals surface area contributed by atoms with Crippen molar-refractivity contribution in [2.45, 2.75) is 26.4 Å². The smallest absolute Gasteiger partial charge is 0.142 e. The number of hydrogen-bond acceptors (Lipinski definition) is 2. The predicted molar refractivity (Wildman–Crippen MR) is 106 cm³/mol. The van der Waals surface area contributed by atoms with Gasteiger partial charge >= 0.3 is 0 Å². The van der Waals surface area contributed by atoms with E-state index in [2.05, 4.69) is 53.2 Å². The lowest BCUT2D eigenvalue weighted by molar-refractivity contribution is 0.154. The Morgan fingerprint density at radius 2 is 1.80 bits per heavy atom. The standard InChI is InChI=1S/C22H19BrO2/c1-14-8-10-18-17(12-14)20(13-22(2,3)25-18)24-19-11-9-15-6-4-5-7-16(15)21(19)23/h4-13H,1-3H3. The second-order valence-electron chi connectivity index (χ2n) is 6.91. The second kappa shape index (κ2) is 5.92. The lowest BCUT2D eigenvalue weighted by atomic mass is 9.99. The molecule has 0 radical (unpaired) electrons. The van der Waals surface area contributed by atoms with E-state index in [0.717, 1.165) is 32.7 Å². The van der Waals surface area contributed by atoms with Gasteiger partial charge in [0.2, 0.25) is 0 Å². The minimum atomic E-state index is -0.416. The van der Waals surface area contributed by atoms with Crippen molar-refractivity contribution in [3.05, 3.63) is 76.3 Å². The molecule has 0 amide bonds. The molecule has 1 heterocycles. The van der Waals surface area contributed by atoms with Crippen molar-refractivity contribution in [3.63, 3.8) is 0 Å². The van der Waals surface area contributed by atoms with Crippen molar-refractivity contribution in [1.29, 1.82) is 0 Å². The van der Waals surface area contributed by atoms with Crippen molar-refractivity contribution >= 4 is 32.5 Å². The van der Waals surface area contributed by atoms with Crippen LogP contribution in [0.4, 0.5) is 0 Å². The van der Waals surface area contributed by atoms with Gasteiger partial charge in [0.15, 0.2) is 0 Å². The van der Waals surface area contributed by atoms with Gasteiger partial charge in [0.05, 0.1) is 10.0 Å². The molecular weight excluding hydrogens is 376 g/mol. The fraction of sp³-hybridized carbons (Fsp3) is 0.182. The van der Waals surface area contributed by atoms with Crippen LogP contribution in [0.15, 0.2) is 65.1 Å². The van der Waals surface area contributed by atoms with Crippen molar-refractivity contribution in [1.82, 2.24) is 0 Å². The summed E-state index contributed by atoms with van der Waals surface area (Å²) in [5.74, 6) is 2.48. The van der Waals surface area contributed by atoms with Gasteiger partial charge in [-0.25, -0.2) is 0 Å². The van der Waals surface area contributed by atoms with Crippen LogP contribution in [0.1, 0.15) is 25.0 Å². The zero-order valence-corrected chi connectivity index (χ0v) is 16.1. The molecule has 126 valence electrons. The SMILES string of the molecule is Cc1ccc2c(c1)C(Oc1ccc3ccccc3c1Br)=CC(C)(C)O2. The zero-order chi connectivity index (χ0) is 17.6. The van der Waals surface area contributed by atoms with Crippen LogP contribution in [0.25, 0.3) is 16.5 Å². The quantitative estimate of drug-likeness (QED) is 0.493. The summed E-state index contributed by atoms with van der Waals surface area (Å²) in [6.07, 6.45) is 2.04. The van der Waals surface area contributed by atoms with Crippen molar-refractivity contribution in [2.24, 2.45) is 0 Å². The van der Waals surface area contributed by atoms with Crippen LogP contribution in [0, 0.1) is 6.92 Å². The molecule has 0 aromatic heterocycles. The minimum absolute atomic E-state index is 0.416. The van der Waals surface area contributed by atoms with Crippen LogP contribution in [0.2, 0.25) is 0 Å². The molecule has 1 aliphatic rings. The highest BCUT2D eigenvalue weighted by Crippen LogP contribution is 2.40. The van der Waals surface area contributed by atoms with Crippen LogP contribution in [-0.4, -0.2) is 5.60 Å². The highest BCUT2D eigenvalue weighted by atomic mass is 79.9. The first-order valence-corrected chi connectivity index (χ1v) is 9.10. The fourth-order valence-electron chi connectivity index (χ4n) is 3.13. The zero-order valence-electron chi connectivity index (χ0n) is 14.5. The van der Waals surface area contributed by atoms with Crippen LogP contribution in [-0.2, 0) is 0 Å². The first-order chi connectivity index (χ1) is 11.9. The normalized spacial score (nSPS) is 15.3. The van der Waals surface area contributed by atoms with Crippen molar-refractivity contribution in [3.8, 4) is 11.5 Å². The molecule has 0 bridgehead atoms. The molecule has 0 unspecified atom stereocenters. The number of ether oxygens (including phenoxy) is 2. The van der Waals surface area contributed by atoms with Gasteiger partial charge in [-0.15, -0.1) is 0 Å². The Morgan fingerprint density at radius 3 is 2.64 bits per heavy atom. The second-order valence-corrected chi connectivity index (χ2v) is 7.71. The molecule has 25 heavy (non-hydrogen) atoms. The number of benzene rings is 3. The maximum Gasteiger partial charge on any atom is 0.142 e. The Balaban J connectivity index is 1.81. The molecule has 0 atom stereocenters. The Bertz CT molecular complexity index is 1000. The van der Waals surface area contributed by atoms with E-state index in [0.29, 0.717) is 0 Å². The van der Waals surface area contributed by atoms with E-state index in [9.17, 15) is 0 Å². The molecular formula is C22H19BrO2. The van der Waals surface area contributed by atoms with Gasteiger partial charge in [0.25, 0.3) is 0 Å². The molecule has 3 aromatic rings.